The zero-order chi connectivity index (χ0) is 27.4. The van der Waals surface area contributed by atoms with Crippen molar-refractivity contribution in [3.63, 3.8) is 0 Å². The van der Waals surface area contributed by atoms with Gasteiger partial charge in [0.2, 0.25) is 0 Å². The van der Waals surface area contributed by atoms with Gasteiger partial charge in [-0.25, -0.2) is 4.79 Å². The van der Waals surface area contributed by atoms with E-state index in [1.165, 1.54) is 0 Å². The van der Waals surface area contributed by atoms with Gasteiger partial charge < -0.3 is 19.5 Å². The molecule has 0 aromatic heterocycles. The van der Waals surface area contributed by atoms with Gasteiger partial charge in [0.15, 0.2) is 5.78 Å². The molecule has 1 heterocycles. The van der Waals surface area contributed by atoms with Crippen LogP contribution in [0.3, 0.4) is 0 Å². The Kier molecular flexibility index (Phi) is 8.35. The van der Waals surface area contributed by atoms with Gasteiger partial charge in [-0.3, -0.25) is 9.59 Å². The fraction of sp³-hybridized carbons (Fsp3) is 0.387. The Balaban J connectivity index is 1.91. The summed E-state index contributed by atoms with van der Waals surface area (Å²) in [6.07, 6.45) is 1.24. The van der Waals surface area contributed by atoms with Crippen LogP contribution in [0.25, 0.3) is 0 Å². The molecule has 0 saturated carbocycles. The molecule has 2 aliphatic rings. The van der Waals surface area contributed by atoms with Crippen LogP contribution in [0.1, 0.15) is 62.6 Å². The van der Waals surface area contributed by atoms with E-state index >= 15 is 0 Å². The van der Waals surface area contributed by atoms with E-state index in [1.54, 1.807) is 21.0 Å². The molecule has 2 aromatic carbocycles. The largest absolute Gasteiger partial charge is 0.496 e. The minimum absolute atomic E-state index is 0.153. The summed E-state index contributed by atoms with van der Waals surface area (Å²) in [4.78, 5) is 41.0. The van der Waals surface area contributed by atoms with E-state index in [2.05, 4.69) is 12.2 Å². The van der Waals surface area contributed by atoms with Crippen LogP contribution in [0, 0.1) is 5.92 Å². The third-order valence-electron chi connectivity index (χ3n) is 7.31. The Morgan fingerprint density at radius 3 is 2.29 bits per heavy atom. The van der Waals surface area contributed by atoms with Crippen molar-refractivity contribution < 1.29 is 28.6 Å². The van der Waals surface area contributed by atoms with Crippen molar-refractivity contribution in [3.05, 3.63) is 87.8 Å². The standard InChI is InChI=1S/C31H35NO6/c1-6-19-13-15-20(16-14-19)26-25(30(34)37-7-2)18(4)32-23-17-22(21-11-9-10-12-24(21)36-5)27(29(33)28(23)26)31(35)38-8-3/h9-16,22,26-27,32H,6-8,17H2,1-5H3/t22-,26+,27-/m1/s1. The van der Waals surface area contributed by atoms with Crippen molar-refractivity contribution in [2.75, 3.05) is 20.3 Å². The normalized spacial score (nSPS) is 21.0. The molecule has 7 heteroatoms. The van der Waals surface area contributed by atoms with Gasteiger partial charge in [0.25, 0.3) is 0 Å². The molecule has 0 amide bonds. The summed E-state index contributed by atoms with van der Waals surface area (Å²) in [6, 6.07) is 15.3. The maximum absolute atomic E-state index is 14.4. The number of esters is 2. The van der Waals surface area contributed by atoms with Crippen LogP contribution in [0.2, 0.25) is 0 Å². The summed E-state index contributed by atoms with van der Waals surface area (Å²) in [5.41, 5.74) is 4.82. The lowest BCUT2D eigenvalue weighted by molar-refractivity contribution is -0.152. The Labute approximate surface area is 223 Å². The van der Waals surface area contributed by atoms with Crippen LogP contribution >= 0.6 is 0 Å². The number of aryl methyl sites for hydroxylation is 1. The van der Waals surface area contributed by atoms with E-state index in [0.29, 0.717) is 34.7 Å². The van der Waals surface area contributed by atoms with Gasteiger partial charge in [-0.15, -0.1) is 0 Å². The second kappa shape index (κ2) is 11.7. The molecule has 2 aromatic rings. The minimum Gasteiger partial charge on any atom is -0.496 e. The molecular formula is C31H35NO6. The number of allylic oxidation sites excluding steroid dienone is 3. The van der Waals surface area contributed by atoms with Gasteiger partial charge in [0.05, 0.1) is 25.9 Å². The molecule has 4 rings (SSSR count). The number of ketones is 1. The van der Waals surface area contributed by atoms with Gasteiger partial charge in [0.1, 0.15) is 11.7 Å². The predicted molar refractivity (Wildman–Crippen MR) is 144 cm³/mol. The average Bonchev–Trinajstić information content (AvgIpc) is 2.92. The lowest BCUT2D eigenvalue weighted by Gasteiger charge is -2.39. The highest BCUT2D eigenvalue weighted by molar-refractivity contribution is 6.13. The van der Waals surface area contributed by atoms with Crippen molar-refractivity contribution >= 4 is 17.7 Å². The number of hydrogen-bond donors (Lipinski definition) is 1. The number of dihydropyridines is 1. The number of nitrogens with one attached hydrogen (secondary N) is 1. The molecule has 1 aliphatic carbocycles. The number of para-hydroxylation sites is 1. The third kappa shape index (κ3) is 4.97. The number of carbonyl (C=O) groups excluding carboxylic acids is 3. The molecule has 0 unspecified atom stereocenters. The van der Waals surface area contributed by atoms with Crippen LogP contribution < -0.4 is 10.1 Å². The fourth-order valence-corrected chi connectivity index (χ4v) is 5.56. The molecule has 3 atom stereocenters. The van der Waals surface area contributed by atoms with E-state index in [0.717, 1.165) is 23.1 Å². The molecule has 0 saturated heterocycles. The number of hydrogen-bond acceptors (Lipinski definition) is 7. The summed E-state index contributed by atoms with van der Waals surface area (Å²) in [6.45, 7) is 7.72. The quantitative estimate of drug-likeness (QED) is 0.390. The van der Waals surface area contributed by atoms with Crippen LogP contribution in [-0.2, 0) is 30.3 Å². The fourth-order valence-electron chi connectivity index (χ4n) is 5.56. The molecule has 7 nitrogen and oxygen atoms in total. The third-order valence-corrected chi connectivity index (χ3v) is 7.31. The SMILES string of the molecule is CCOC(=O)C1=C(C)NC2=C(C(=O)[C@H](C(=O)OCC)[C@@H](c3ccccc3OC)C2)[C@H]1c1ccc(CC)cc1. The first-order chi connectivity index (χ1) is 18.4. The first-order valence-corrected chi connectivity index (χ1v) is 13.2. The summed E-state index contributed by atoms with van der Waals surface area (Å²) in [7, 11) is 1.57. The molecule has 0 spiro atoms. The van der Waals surface area contributed by atoms with Crippen LogP contribution in [0.15, 0.2) is 71.1 Å². The molecule has 0 bridgehead atoms. The Bertz CT molecular complexity index is 1290. The van der Waals surface area contributed by atoms with E-state index < -0.39 is 29.7 Å². The minimum atomic E-state index is -1.08. The zero-order valence-electron chi connectivity index (χ0n) is 22.6. The molecule has 1 aliphatic heterocycles. The van der Waals surface area contributed by atoms with Gasteiger partial charge in [-0.1, -0.05) is 49.4 Å². The number of carbonyl (C=O) groups is 3. The second-order valence-corrected chi connectivity index (χ2v) is 9.45. The zero-order valence-corrected chi connectivity index (χ0v) is 22.6. The molecule has 0 radical (unpaired) electrons. The summed E-state index contributed by atoms with van der Waals surface area (Å²) < 4.78 is 16.4. The van der Waals surface area contributed by atoms with E-state index in [1.807, 2.05) is 55.5 Å². The molecular weight excluding hydrogens is 482 g/mol. The van der Waals surface area contributed by atoms with Crippen molar-refractivity contribution in [1.29, 1.82) is 0 Å². The highest BCUT2D eigenvalue weighted by Gasteiger charge is 2.49. The average molecular weight is 518 g/mol. The first kappa shape index (κ1) is 27.2. The first-order valence-electron chi connectivity index (χ1n) is 13.2. The lowest BCUT2D eigenvalue weighted by atomic mass is 9.67. The van der Waals surface area contributed by atoms with E-state index in [9.17, 15) is 14.4 Å². The number of benzene rings is 2. The van der Waals surface area contributed by atoms with Crippen LogP contribution in [-0.4, -0.2) is 38.0 Å². The maximum Gasteiger partial charge on any atom is 0.336 e. The molecule has 0 fully saturated rings. The topological polar surface area (TPSA) is 90.9 Å². The number of Topliss-reactive ketones (excluding diaryl/α,β-unsaturated/α-hetero) is 1. The number of rotatable bonds is 8. The van der Waals surface area contributed by atoms with Gasteiger partial charge in [0, 0.05) is 28.8 Å². The number of ether oxygens (including phenoxy) is 3. The maximum atomic E-state index is 14.4. The van der Waals surface area contributed by atoms with E-state index in [-0.39, 0.29) is 19.0 Å². The van der Waals surface area contributed by atoms with Gasteiger partial charge >= 0.3 is 11.9 Å². The highest BCUT2D eigenvalue weighted by Crippen LogP contribution is 2.49. The van der Waals surface area contributed by atoms with E-state index in [4.69, 9.17) is 14.2 Å². The summed E-state index contributed by atoms with van der Waals surface area (Å²) in [5, 5.41) is 3.33. The van der Waals surface area contributed by atoms with Gasteiger partial charge in [-0.2, -0.15) is 0 Å². The van der Waals surface area contributed by atoms with Crippen molar-refractivity contribution in [3.8, 4) is 5.75 Å². The smallest absolute Gasteiger partial charge is 0.336 e. The van der Waals surface area contributed by atoms with Crippen molar-refractivity contribution in [1.82, 2.24) is 5.32 Å². The van der Waals surface area contributed by atoms with Crippen molar-refractivity contribution in [2.45, 2.75) is 52.4 Å². The Morgan fingerprint density at radius 1 is 0.974 bits per heavy atom. The summed E-state index contributed by atoms with van der Waals surface area (Å²) in [5.74, 6) is -3.06. The Hall–Kier alpha value is -3.87. The predicted octanol–water partition coefficient (Wildman–Crippen LogP) is 4.97. The molecule has 1 N–H and O–H groups in total. The highest BCUT2D eigenvalue weighted by atomic mass is 16.5. The number of methoxy groups -OCH3 is 1. The van der Waals surface area contributed by atoms with Gasteiger partial charge in [-0.05, 0) is 56.4 Å². The van der Waals surface area contributed by atoms with Crippen LogP contribution in [0.5, 0.6) is 5.75 Å². The van der Waals surface area contributed by atoms with Crippen molar-refractivity contribution in [2.24, 2.45) is 5.92 Å². The molecule has 200 valence electrons. The Morgan fingerprint density at radius 2 is 1.66 bits per heavy atom. The van der Waals surface area contributed by atoms with Crippen LogP contribution in [0.4, 0.5) is 0 Å². The summed E-state index contributed by atoms with van der Waals surface area (Å²) >= 11 is 0. The second-order valence-electron chi connectivity index (χ2n) is 9.45. The monoisotopic (exact) mass is 517 g/mol. The lowest BCUT2D eigenvalue weighted by Crippen LogP contribution is -2.43. The molecule has 38 heavy (non-hydrogen) atoms.